The van der Waals surface area contributed by atoms with Crippen molar-refractivity contribution in [1.29, 1.82) is 0 Å². The molecule has 0 amide bonds. The van der Waals surface area contributed by atoms with E-state index < -0.39 is 0 Å². The molecular weight excluding hydrogens is 271 g/mol. The zero-order valence-electron chi connectivity index (χ0n) is 9.76. The van der Waals surface area contributed by atoms with Gasteiger partial charge in [-0.05, 0) is 39.5 Å². The number of Topliss-reactive ketones (excluding diaryl/α,β-unsaturated/α-hetero) is 1. The van der Waals surface area contributed by atoms with Gasteiger partial charge in [0.2, 0.25) is 0 Å². The Hall–Kier alpha value is -0.700. The molecule has 0 aliphatic heterocycles. The Morgan fingerprint density at radius 2 is 2.00 bits per heavy atom. The monoisotopic (exact) mass is 286 g/mol. The lowest BCUT2D eigenvalue weighted by Crippen LogP contribution is -2.18. The first-order chi connectivity index (χ1) is 7.41. The van der Waals surface area contributed by atoms with Crippen LogP contribution in [0.4, 0.5) is 4.39 Å². The summed E-state index contributed by atoms with van der Waals surface area (Å²) in [5.74, 6) is 0.293. The van der Waals surface area contributed by atoms with Gasteiger partial charge in [-0.3, -0.25) is 4.79 Å². The Morgan fingerprint density at radius 3 is 2.50 bits per heavy atom. The number of carbonyl (C=O) groups is 1. The van der Waals surface area contributed by atoms with Gasteiger partial charge in [0.05, 0.1) is 4.47 Å². The summed E-state index contributed by atoms with van der Waals surface area (Å²) in [6, 6.07) is 4.71. The number of rotatable bonds is 4. The van der Waals surface area contributed by atoms with Crippen molar-refractivity contribution >= 4 is 21.7 Å². The molecule has 1 rings (SSSR count). The number of hydrogen-bond donors (Lipinski definition) is 0. The lowest BCUT2D eigenvalue weighted by molar-refractivity contribution is -0.122. The molecule has 0 saturated heterocycles. The fraction of sp³-hybridized carbons (Fsp3) is 0.462. The van der Waals surface area contributed by atoms with E-state index in [4.69, 9.17) is 0 Å². The van der Waals surface area contributed by atoms with Gasteiger partial charge in [0.1, 0.15) is 11.6 Å². The average molecular weight is 287 g/mol. The number of ketones is 1. The molecule has 88 valence electrons. The summed E-state index contributed by atoms with van der Waals surface area (Å²) < 4.78 is 13.4. The fourth-order valence-corrected chi connectivity index (χ4v) is 1.81. The van der Waals surface area contributed by atoms with Crippen LogP contribution in [-0.2, 0) is 11.2 Å². The number of halogens is 2. The number of carbonyl (C=O) groups excluding carboxylic acids is 1. The normalized spacial score (nSPS) is 12.9. The molecule has 1 aromatic rings. The summed E-state index contributed by atoms with van der Waals surface area (Å²) in [6.07, 6.45) is 0.373. The minimum absolute atomic E-state index is 0.0452. The van der Waals surface area contributed by atoms with Gasteiger partial charge in [-0.15, -0.1) is 0 Å². The molecule has 0 aromatic heterocycles. The zero-order valence-corrected chi connectivity index (χ0v) is 11.3. The predicted octanol–water partition coefficient (Wildman–Crippen LogP) is 3.99. The summed E-state index contributed by atoms with van der Waals surface area (Å²) in [5.41, 5.74) is 0.853. The van der Waals surface area contributed by atoms with Crippen molar-refractivity contribution in [3.05, 3.63) is 34.1 Å². The van der Waals surface area contributed by atoms with Crippen LogP contribution >= 0.6 is 15.9 Å². The lowest BCUT2D eigenvalue weighted by atomic mass is 9.90. The van der Waals surface area contributed by atoms with Crippen LogP contribution in [0.3, 0.4) is 0 Å². The van der Waals surface area contributed by atoms with E-state index in [1.54, 1.807) is 12.1 Å². The predicted molar refractivity (Wildman–Crippen MR) is 66.8 cm³/mol. The highest BCUT2D eigenvalue weighted by Gasteiger charge is 2.17. The summed E-state index contributed by atoms with van der Waals surface area (Å²) in [6.45, 7) is 6.00. The quantitative estimate of drug-likeness (QED) is 0.818. The van der Waals surface area contributed by atoms with E-state index in [1.807, 2.05) is 20.8 Å². The third-order valence-electron chi connectivity index (χ3n) is 2.87. The van der Waals surface area contributed by atoms with Gasteiger partial charge in [0.25, 0.3) is 0 Å². The molecule has 0 aliphatic rings. The smallest absolute Gasteiger partial charge is 0.140 e. The van der Waals surface area contributed by atoms with E-state index >= 15 is 0 Å². The van der Waals surface area contributed by atoms with E-state index in [2.05, 4.69) is 15.9 Å². The van der Waals surface area contributed by atoms with Crippen LogP contribution < -0.4 is 0 Å². The fourth-order valence-electron chi connectivity index (χ4n) is 1.38. The van der Waals surface area contributed by atoms with Gasteiger partial charge >= 0.3 is 0 Å². The Balaban J connectivity index is 2.74. The van der Waals surface area contributed by atoms with E-state index in [1.165, 1.54) is 6.07 Å². The van der Waals surface area contributed by atoms with Gasteiger partial charge in [0.15, 0.2) is 0 Å². The first kappa shape index (κ1) is 13.4. The molecule has 0 spiro atoms. The molecule has 3 heteroatoms. The second-order valence-corrected chi connectivity index (χ2v) is 5.28. The van der Waals surface area contributed by atoms with Crippen LogP contribution in [0.1, 0.15) is 26.3 Å². The van der Waals surface area contributed by atoms with Gasteiger partial charge in [-0.25, -0.2) is 4.39 Å². The van der Waals surface area contributed by atoms with Gasteiger partial charge in [-0.2, -0.15) is 0 Å². The van der Waals surface area contributed by atoms with E-state index in [0.717, 1.165) is 5.56 Å². The van der Waals surface area contributed by atoms with Crippen molar-refractivity contribution in [2.24, 2.45) is 11.8 Å². The topological polar surface area (TPSA) is 17.1 Å². The van der Waals surface area contributed by atoms with Crippen molar-refractivity contribution in [1.82, 2.24) is 0 Å². The van der Waals surface area contributed by atoms with Crippen molar-refractivity contribution in [3.63, 3.8) is 0 Å². The van der Waals surface area contributed by atoms with Crippen LogP contribution in [-0.4, -0.2) is 5.78 Å². The van der Waals surface area contributed by atoms with Crippen molar-refractivity contribution in [2.75, 3.05) is 0 Å². The van der Waals surface area contributed by atoms with Gasteiger partial charge in [-0.1, -0.05) is 26.8 Å². The number of hydrogen-bond acceptors (Lipinski definition) is 1. The maximum atomic E-state index is 13.0. The molecule has 0 fully saturated rings. The molecule has 0 radical (unpaired) electrons. The summed E-state index contributed by atoms with van der Waals surface area (Å²) in [5, 5.41) is 0. The summed E-state index contributed by atoms with van der Waals surface area (Å²) in [4.78, 5) is 11.8. The highest BCUT2D eigenvalue weighted by molar-refractivity contribution is 9.10. The van der Waals surface area contributed by atoms with Crippen LogP contribution in [0, 0.1) is 17.7 Å². The SMILES string of the molecule is CC(C)C(C)C(=O)Cc1ccc(F)c(Br)c1. The van der Waals surface area contributed by atoms with Crippen LogP contribution in [0.15, 0.2) is 22.7 Å². The van der Waals surface area contributed by atoms with E-state index in [9.17, 15) is 9.18 Å². The molecule has 0 bridgehead atoms. The Bertz CT molecular complexity index is 388. The minimum atomic E-state index is -0.298. The first-order valence-corrected chi connectivity index (χ1v) is 6.17. The molecule has 0 saturated carbocycles. The molecule has 1 atom stereocenters. The standard InChI is InChI=1S/C13H16BrFO/c1-8(2)9(3)13(16)7-10-4-5-12(15)11(14)6-10/h4-6,8-9H,7H2,1-3H3. The average Bonchev–Trinajstić information content (AvgIpc) is 2.22. The highest BCUT2D eigenvalue weighted by atomic mass is 79.9. The Labute approximate surface area is 104 Å². The molecule has 1 unspecified atom stereocenters. The maximum Gasteiger partial charge on any atom is 0.140 e. The highest BCUT2D eigenvalue weighted by Crippen LogP contribution is 2.19. The molecule has 0 aliphatic carbocycles. The van der Waals surface area contributed by atoms with E-state index in [-0.39, 0.29) is 17.5 Å². The largest absolute Gasteiger partial charge is 0.299 e. The van der Waals surface area contributed by atoms with Gasteiger partial charge < -0.3 is 0 Å². The van der Waals surface area contributed by atoms with Crippen LogP contribution in [0.25, 0.3) is 0 Å². The van der Waals surface area contributed by atoms with Crippen molar-refractivity contribution in [2.45, 2.75) is 27.2 Å². The zero-order chi connectivity index (χ0) is 12.3. The minimum Gasteiger partial charge on any atom is -0.299 e. The molecule has 0 N–H and O–H groups in total. The molecule has 1 nitrogen and oxygen atoms in total. The second-order valence-electron chi connectivity index (χ2n) is 4.42. The van der Waals surface area contributed by atoms with Crippen molar-refractivity contribution < 1.29 is 9.18 Å². The Kier molecular flexibility index (Phi) is 4.66. The van der Waals surface area contributed by atoms with Crippen LogP contribution in [0.2, 0.25) is 0 Å². The summed E-state index contributed by atoms with van der Waals surface area (Å²) >= 11 is 3.12. The second kappa shape index (κ2) is 5.58. The van der Waals surface area contributed by atoms with E-state index in [0.29, 0.717) is 16.8 Å². The molecule has 1 aromatic carbocycles. The lowest BCUT2D eigenvalue weighted by Gasteiger charge is -2.14. The van der Waals surface area contributed by atoms with Crippen molar-refractivity contribution in [3.8, 4) is 0 Å². The first-order valence-electron chi connectivity index (χ1n) is 5.38. The van der Waals surface area contributed by atoms with Gasteiger partial charge in [0, 0.05) is 12.3 Å². The molecule has 16 heavy (non-hydrogen) atoms. The Morgan fingerprint density at radius 1 is 1.38 bits per heavy atom. The maximum absolute atomic E-state index is 13.0. The third kappa shape index (κ3) is 3.41. The summed E-state index contributed by atoms with van der Waals surface area (Å²) in [7, 11) is 0. The molecule has 0 heterocycles. The molecular formula is C13H16BrFO. The number of benzene rings is 1. The van der Waals surface area contributed by atoms with Crippen LogP contribution in [0.5, 0.6) is 0 Å². The third-order valence-corrected chi connectivity index (χ3v) is 3.48.